The van der Waals surface area contributed by atoms with Crippen molar-refractivity contribution in [2.75, 3.05) is 5.73 Å². The molecule has 0 aromatic heterocycles. The molecular formula is C14H14N2O2. The molecule has 0 spiro atoms. The van der Waals surface area contributed by atoms with Gasteiger partial charge in [-0.05, 0) is 31.2 Å². The molecule has 2 rings (SSSR count). The molecule has 0 aliphatic heterocycles. The number of para-hydroxylation sites is 2. The molecule has 0 bridgehead atoms. The predicted octanol–water partition coefficient (Wildman–Crippen LogP) is 2.82. The number of anilines is 1. The number of rotatable bonds is 2. The number of nitrogens with zero attached hydrogens (tertiary/aromatic N) is 1. The summed E-state index contributed by atoms with van der Waals surface area (Å²) in [6.07, 6.45) is 0. The molecule has 4 nitrogen and oxygen atoms in total. The lowest BCUT2D eigenvalue weighted by Crippen LogP contribution is -1.95. The Bertz CT molecular complexity index is 606. The number of hydrogen-bond donors (Lipinski definition) is 3. The Morgan fingerprint density at radius 1 is 1.11 bits per heavy atom. The van der Waals surface area contributed by atoms with Gasteiger partial charge in [-0.3, -0.25) is 4.99 Å². The fraction of sp³-hybridized carbons (Fsp3) is 0.0714. The number of phenolic OH excluding ortho intramolecular Hbond substituents is 2. The van der Waals surface area contributed by atoms with Crippen molar-refractivity contribution in [1.82, 2.24) is 0 Å². The van der Waals surface area contributed by atoms with Gasteiger partial charge >= 0.3 is 0 Å². The Morgan fingerprint density at radius 2 is 1.83 bits per heavy atom. The van der Waals surface area contributed by atoms with Crippen LogP contribution in [0.5, 0.6) is 11.5 Å². The van der Waals surface area contributed by atoms with Crippen molar-refractivity contribution in [3.63, 3.8) is 0 Å². The van der Waals surface area contributed by atoms with Crippen LogP contribution in [0.1, 0.15) is 12.5 Å². The van der Waals surface area contributed by atoms with Crippen molar-refractivity contribution in [1.29, 1.82) is 0 Å². The molecule has 0 amide bonds. The van der Waals surface area contributed by atoms with Crippen LogP contribution in [0, 0.1) is 0 Å². The van der Waals surface area contributed by atoms with E-state index in [4.69, 9.17) is 5.73 Å². The first-order valence-electron chi connectivity index (χ1n) is 5.50. The molecule has 0 aliphatic rings. The molecule has 0 saturated heterocycles. The van der Waals surface area contributed by atoms with Crippen molar-refractivity contribution in [3.8, 4) is 11.5 Å². The molecule has 0 radical (unpaired) electrons. The minimum atomic E-state index is -0.00856. The molecular weight excluding hydrogens is 228 g/mol. The number of hydrogen-bond acceptors (Lipinski definition) is 4. The number of phenols is 2. The highest BCUT2D eigenvalue weighted by molar-refractivity contribution is 6.03. The van der Waals surface area contributed by atoms with Gasteiger partial charge in [0.05, 0.1) is 11.4 Å². The molecule has 2 aromatic carbocycles. The summed E-state index contributed by atoms with van der Waals surface area (Å²) >= 11 is 0. The van der Waals surface area contributed by atoms with E-state index in [1.165, 1.54) is 12.1 Å². The van der Waals surface area contributed by atoms with E-state index in [9.17, 15) is 10.2 Å². The normalized spacial score (nSPS) is 11.5. The summed E-state index contributed by atoms with van der Waals surface area (Å²) in [7, 11) is 0. The van der Waals surface area contributed by atoms with Gasteiger partial charge in [0, 0.05) is 17.3 Å². The van der Waals surface area contributed by atoms with E-state index in [2.05, 4.69) is 4.99 Å². The third-order valence-corrected chi connectivity index (χ3v) is 2.60. The maximum atomic E-state index is 9.74. The lowest BCUT2D eigenvalue weighted by atomic mass is 10.1. The van der Waals surface area contributed by atoms with E-state index in [1.54, 1.807) is 25.1 Å². The van der Waals surface area contributed by atoms with Crippen LogP contribution in [0.3, 0.4) is 0 Å². The van der Waals surface area contributed by atoms with Gasteiger partial charge in [-0.15, -0.1) is 0 Å². The van der Waals surface area contributed by atoms with Crippen molar-refractivity contribution >= 4 is 17.1 Å². The monoisotopic (exact) mass is 242 g/mol. The summed E-state index contributed by atoms with van der Waals surface area (Å²) in [5.41, 5.74) is 8.23. The first-order valence-corrected chi connectivity index (χ1v) is 5.50. The molecule has 0 atom stereocenters. The Hall–Kier alpha value is -2.49. The highest BCUT2D eigenvalue weighted by Crippen LogP contribution is 2.26. The Kier molecular flexibility index (Phi) is 3.19. The van der Waals surface area contributed by atoms with Crippen molar-refractivity contribution < 1.29 is 10.2 Å². The maximum Gasteiger partial charge on any atom is 0.128 e. The van der Waals surface area contributed by atoms with Gasteiger partial charge in [0.2, 0.25) is 0 Å². The van der Waals surface area contributed by atoms with Crippen LogP contribution in [-0.4, -0.2) is 15.9 Å². The second kappa shape index (κ2) is 4.79. The van der Waals surface area contributed by atoms with E-state index >= 15 is 0 Å². The molecule has 0 fully saturated rings. The van der Waals surface area contributed by atoms with Crippen molar-refractivity contribution in [3.05, 3.63) is 48.0 Å². The van der Waals surface area contributed by atoms with Crippen LogP contribution in [-0.2, 0) is 0 Å². The van der Waals surface area contributed by atoms with Crippen molar-refractivity contribution in [2.24, 2.45) is 4.99 Å². The molecule has 0 unspecified atom stereocenters. The zero-order chi connectivity index (χ0) is 13.1. The van der Waals surface area contributed by atoms with Crippen LogP contribution in [0.4, 0.5) is 11.4 Å². The predicted molar refractivity (Wildman–Crippen MR) is 72.5 cm³/mol. The minimum absolute atomic E-state index is 0.00856. The fourth-order valence-electron chi connectivity index (χ4n) is 1.66. The van der Waals surface area contributed by atoms with Gasteiger partial charge in [0.1, 0.15) is 11.5 Å². The number of benzene rings is 2. The Balaban J connectivity index is 2.42. The standard InChI is InChI=1S/C14H14N2O2/c1-9(11-7-6-10(17)8-14(11)18)16-13-5-3-2-4-12(13)15/h2-8,17-18H,15H2,1H3. The van der Waals surface area contributed by atoms with Crippen LogP contribution in [0.2, 0.25) is 0 Å². The summed E-state index contributed by atoms with van der Waals surface area (Å²) in [5, 5.41) is 19.0. The summed E-state index contributed by atoms with van der Waals surface area (Å²) in [6.45, 7) is 1.78. The number of aliphatic imine (C=N–C) groups is 1. The fourth-order valence-corrected chi connectivity index (χ4v) is 1.66. The molecule has 0 saturated carbocycles. The third kappa shape index (κ3) is 2.43. The average molecular weight is 242 g/mol. The zero-order valence-electron chi connectivity index (χ0n) is 9.96. The van der Waals surface area contributed by atoms with E-state index in [1.807, 2.05) is 12.1 Å². The molecule has 4 heteroatoms. The van der Waals surface area contributed by atoms with Gasteiger partial charge < -0.3 is 15.9 Å². The minimum Gasteiger partial charge on any atom is -0.508 e. The number of nitrogen functional groups attached to an aromatic ring is 1. The van der Waals surface area contributed by atoms with Crippen molar-refractivity contribution in [2.45, 2.75) is 6.92 Å². The van der Waals surface area contributed by atoms with Gasteiger partial charge in [-0.25, -0.2) is 0 Å². The van der Waals surface area contributed by atoms with Crippen LogP contribution in [0.15, 0.2) is 47.5 Å². The summed E-state index contributed by atoms with van der Waals surface area (Å²) in [5.74, 6) is 0.00836. The zero-order valence-corrected chi connectivity index (χ0v) is 9.96. The van der Waals surface area contributed by atoms with Crippen LogP contribution >= 0.6 is 0 Å². The molecule has 4 N–H and O–H groups in total. The van der Waals surface area contributed by atoms with Gasteiger partial charge in [-0.2, -0.15) is 0 Å². The second-order valence-corrected chi connectivity index (χ2v) is 3.96. The lowest BCUT2D eigenvalue weighted by molar-refractivity contribution is 0.450. The maximum absolute atomic E-state index is 9.74. The summed E-state index contributed by atoms with van der Waals surface area (Å²) in [4.78, 5) is 4.37. The third-order valence-electron chi connectivity index (χ3n) is 2.60. The second-order valence-electron chi connectivity index (χ2n) is 3.96. The van der Waals surface area contributed by atoms with E-state index in [-0.39, 0.29) is 11.5 Å². The van der Waals surface area contributed by atoms with Gasteiger partial charge in [-0.1, -0.05) is 12.1 Å². The van der Waals surface area contributed by atoms with Gasteiger partial charge in [0.15, 0.2) is 0 Å². The molecule has 0 aliphatic carbocycles. The Morgan fingerprint density at radius 3 is 2.50 bits per heavy atom. The molecule has 0 heterocycles. The SMILES string of the molecule is CC(=Nc1ccccc1N)c1ccc(O)cc1O. The van der Waals surface area contributed by atoms with E-state index in [0.717, 1.165) is 0 Å². The first kappa shape index (κ1) is 12.0. The first-order chi connectivity index (χ1) is 8.58. The summed E-state index contributed by atoms with van der Waals surface area (Å²) < 4.78 is 0. The van der Waals surface area contributed by atoms with E-state index < -0.39 is 0 Å². The lowest BCUT2D eigenvalue weighted by Gasteiger charge is -2.06. The quantitative estimate of drug-likeness (QED) is 0.559. The highest BCUT2D eigenvalue weighted by atomic mass is 16.3. The molecule has 2 aromatic rings. The Labute approximate surface area is 105 Å². The summed E-state index contributed by atoms with van der Waals surface area (Å²) in [6, 6.07) is 11.6. The largest absolute Gasteiger partial charge is 0.508 e. The van der Waals surface area contributed by atoms with Crippen LogP contribution < -0.4 is 5.73 Å². The highest BCUT2D eigenvalue weighted by Gasteiger charge is 2.06. The number of aromatic hydroxyl groups is 2. The molecule has 92 valence electrons. The van der Waals surface area contributed by atoms with Gasteiger partial charge in [0.25, 0.3) is 0 Å². The number of nitrogens with two attached hydrogens (primary N) is 1. The average Bonchev–Trinajstić information content (AvgIpc) is 2.32. The smallest absolute Gasteiger partial charge is 0.128 e. The molecule has 18 heavy (non-hydrogen) atoms. The topological polar surface area (TPSA) is 78.8 Å². The van der Waals surface area contributed by atoms with Crippen LogP contribution in [0.25, 0.3) is 0 Å². The van der Waals surface area contributed by atoms with E-state index in [0.29, 0.717) is 22.6 Å².